The van der Waals surface area contributed by atoms with E-state index in [1.54, 1.807) is 0 Å². The van der Waals surface area contributed by atoms with Gasteiger partial charge in [0.25, 0.3) is 0 Å². The molecule has 116 valence electrons. The molecule has 2 heterocycles. The lowest BCUT2D eigenvalue weighted by Crippen LogP contribution is -2.25. The van der Waals surface area contributed by atoms with Gasteiger partial charge in [-0.25, -0.2) is 0 Å². The van der Waals surface area contributed by atoms with Gasteiger partial charge < -0.3 is 10.2 Å². The molecule has 0 amide bonds. The van der Waals surface area contributed by atoms with E-state index in [1.807, 2.05) is 0 Å². The standard InChI is InChI=1S/C18H24N4/c1-21(2)15-7-3-13(4-8-15)12-22-17-9-10-19-11-16(17)18(20-22)14-5-6-14/h3-4,7-8,14,19H,5-6,9-12H2,1-2H3. The minimum absolute atomic E-state index is 0.728. The second kappa shape index (κ2) is 5.43. The summed E-state index contributed by atoms with van der Waals surface area (Å²) < 4.78 is 2.26. The molecular weight excluding hydrogens is 272 g/mol. The van der Waals surface area contributed by atoms with Crippen molar-refractivity contribution in [3.63, 3.8) is 0 Å². The van der Waals surface area contributed by atoms with E-state index < -0.39 is 0 Å². The van der Waals surface area contributed by atoms with Gasteiger partial charge in [0, 0.05) is 56.5 Å². The van der Waals surface area contributed by atoms with E-state index in [0.717, 1.165) is 32.0 Å². The van der Waals surface area contributed by atoms with Crippen LogP contribution in [0.4, 0.5) is 5.69 Å². The number of nitrogens with one attached hydrogen (secondary N) is 1. The molecule has 0 radical (unpaired) electrons. The van der Waals surface area contributed by atoms with Crippen molar-refractivity contribution >= 4 is 5.69 Å². The first-order chi connectivity index (χ1) is 10.7. The first kappa shape index (κ1) is 13.8. The highest BCUT2D eigenvalue weighted by atomic mass is 15.3. The second-order valence-corrected chi connectivity index (χ2v) is 6.73. The molecule has 0 saturated heterocycles. The molecule has 4 rings (SSSR count). The average Bonchev–Trinajstić information content (AvgIpc) is 3.32. The minimum atomic E-state index is 0.728. The zero-order valence-corrected chi connectivity index (χ0v) is 13.5. The van der Waals surface area contributed by atoms with Crippen molar-refractivity contribution in [1.29, 1.82) is 0 Å². The van der Waals surface area contributed by atoms with Crippen molar-refractivity contribution in [3.8, 4) is 0 Å². The molecule has 1 aromatic heterocycles. The SMILES string of the molecule is CN(C)c1ccc(Cn2nc(C3CC3)c3c2CCNC3)cc1. The van der Waals surface area contributed by atoms with Crippen LogP contribution < -0.4 is 10.2 Å². The van der Waals surface area contributed by atoms with Crippen LogP contribution in [0.5, 0.6) is 0 Å². The lowest BCUT2D eigenvalue weighted by atomic mass is 10.0. The molecule has 1 fully saturated rings. The van der Waals surface area contributed by atoms with Crippen molar-refractivity contribution in [2.45, 2.75) is 38.3 Å². The molecule has 1 aliphatic heterocycles. The van der Waals surface area contributed by atoms with Crippen LogP contribution in [0, 0.1) is 0 Å². The Morgan fingerprint density at radius 3 is 2.68 bits per heavy atom. The molecule has 22 heavy (non-hydrogen) atoms. The number of hydrogen-bond donors (Lipinski definition) is 1. The highest BCUT2D eigenvalue weighted by molar-refractivity contribution is 5.46. The summed E-state index contributed by atoms with van der Waals surface area (Å²) in [5.74, 6) is 0.728. The fourth-order valence-corrected chi connectivity index (χ4v) is 3.34. The normalized spacial score (nSPS) is 17.4. The Bertz CT molecular complexity index is 665. The third-order valence-corrected chi connectivity index (χ3v) is 4.79. The average molecular weight is 296 g/mol. The van der Waals surface area contributed by atoms with E-state index in [9.17, 15) is 0 Å². The third kappa shape index (κ3) is 2.52. The summed E-state index contributed by atoms with van der Waals surface area (Å²) in [6.07, 6.45) is 3.74. The lowest BCUT2D eigenvalue weighted by Gasteiger charge is -2.16. The molecule has 1 saturated carbocycles. The van der Waals surface area contributed by atoms with Crippen LogP contribution in [-0.2, 0) is 19.5 Å². The molecule has 0 unspecified atom stereocenters. The van der Waals surface area contributed by atoms with Crippen LogP contribution in [0.1, 0.15) is 41.3 Å². The predicted molar refractivity (Wildman–Crippen MR) is 89.5 cm³/mol. The van der Waals surface area contributed by atoms with E-state index in [-0.39, 0.29) is 0 Å². The van der Waals surface area contributed by atoms with Gasteiger partial charge in [0.15, 0.2) is 0 Å². The lowest BCUT2D eigenvalue weighted by molar-refractivity contribution is 0.582. The Kier molecular flexibility index (Phi) is 3.41. The van der Waals surface area contributed by atoms with Gasteiger partial charge in [0.05, 0.1) is 12.2 Å². The smallest absolute Gasteiger partial charge is 0.0703 e. The van der Waals surface area contributed by atoms with Gasteiger partial charge in [-0.05, 0) is 30.5 Å². The Hall–Kier alpha value is -1.81. The Morgan fingerprint density at radius 2 is 2.00 bits per heavy atom. The molecule has 0 spiro atoms. The number of anilines is 1. The molecule has 4 nitrogen and oxygen atoms in total. The molecule has 1 aliphatic carbocycles. The van der Waals surface area contributed by atoms with Gasteiger partial charge in [0.2, 0.25) is 0 Å². The summed E-state index contributed by atoms with van der Waals surface area (Å²) in [6.45, 7) is 2.96. The van der Waals surface area contributed by atoms with Crippen molar-refractivity contribution < 1.29 is 0 Å². The van der Waals surface area contributed by atoms with Crippen molar-refractivity contribution in [1.82, 2.24) is 15.1 Å². The first-order valence-corrected chi connectivity index (χ1v) is 8.28. The van der Waals surface area contributed by atoms with Crippen LogP contribution in [0.25, 0.3) is 0 Å². The molecule has 2 aromatic rings. The van der Waals surface area contributed by atoms with Crippen LogP contribution in [0.2, 0.25) is 0 Å². The highest BCUT2D eigenvalue weighted by Crippen LogP contribution is 2.42. The summed E-state index contributed by atoms with van der Waals surface area (Å²) in [4.78, 5) is 2.14. The van der Waals surface area contributed by atoms with Gasteiger partial charge in [0.1, 0.15) is 0 Å². The first-order valence-electron chi connectivity index (χ1n) is 8.28. The second-order valence-electron chi connectivity index (χ2n) is 6.73. The van der Waals surface area contributed by atoms with Gasteiger partial charge in [-0.15, -0.1) is 0 Å². The molecule has 1 N–H and O–H groups in total. The number of benzene rings is 1. The Labute approximate surface area is 132 Å². The van der Waals surface area contributed by atoms with Crippen LogP contribution in [0.15, 0.2) is 24.3 Å². The fraction of sp³-hybridized carbons (Fsp3) is 0.500. The van der Waals surface area contributed by atoms with E-state index in [4.69, 9.17) is 5.10 Å². The number of nitrogens with zero attached hydrogens (tertiary/aromatic N) is 3. The molecule has 2 aliphatic rings. The summed E-state index contributed by atoms with van der Waals surface area (Å²) in [7, 11) is 4.15. The topological polar surface area (TPSA) is 33.1 Å². The summed E-state index contributed by atoms with van der Waals surface area (Å²) in [6, 6.07) is 8.83. The molecule has 1 aromatic carbocycles. The maximum atomic E-state index is 4.97. The van der Waals surface area contributed by atoms with E-state index in [2.05, 4.69) is 53.3 Å². The summed E-state index contributed by atoms with van der Waals surface area (Å²) in [5.41, 5.74) is 6.88. The fourth-order valence-electron chi connectivity index (χ4n) is 3.34. The summed E-state index contributed by atoms with van der Waals surface area (Å²) in [5, 5.41) is 8.48. The van der Waals surface area contributed by atoms with Crippen LogP contribution in [-0.4, -0.2) is 30.4 Å². The van der Waals surface area contributed by atoms with Crippen molar-refractivity contribution in [2.24, 2.45) is 0 Å². The highest BCUT2D eigenvalue weighted by Gasteiger charge is 2.32. The Balaban J connectivity index is 1.62. The molecule has 4 heteroatoms. The zero-order chi connectivity index (χ0) is 15.1. The number of rotatable bonds is 4. The zero-order valence-electron chi connectivity index (χ0n) is 13.5. The van der Waals surface area contributed by atoms with Crippen LogP contribution in [0.3, 0.4) is 0 Å². The monoisotopic (exact) mass is 296 g/mol. The van der Waals surface area contributed by atoms with Gasteiger partial charge in [-0.3, -0.25) is 4.68 Å². The van der Waals surface area contributed by atoms with Gasteiger partial charge in [-0.2, -0.15) is 5.10 Å². The predicted octanol–water partition coefficient (Wildman–Crippen LogP) is 2.52. The molecular formula is C18H24N4. The maximum absolute atomic E-state index is 4.97. The maximum Gasteiger partial charge on any atom is 0.0703 e. The molecule has 0 bridgehead atoms. The van der Waals surface area contributed by atoms with E-state index >= 15 is 0 Å². The van der Waals surface area contributed by atoms with Gasteiger partial charge >= 0.3 is 0 Å². The van der Waals surface area contributed by atoms with Crippen molar-refractivity contribution in [3.05, 3.63) is 46.8 Å². The van der Waals surface area contributed by atoms with Crippen molar-refractivity contribution in [2.75, 3.05) is 25.5 Å². The number of hydrogen-bond acceptors (Lipinski definition) is 3. The molecule has 0 atom stereocenters. The third-order valence-electron chi connectivity index (χ3n) is 4.79. The largest absolute Gasteiger partial charge is 0.378 e. The Morgan fingerprint density at radius 1 is 1.23 bits per heavy atom. The quantitative estimate of drug-likeness (QED) is 0.941. The minimum Gasteiger partial charge on any atom is -0.378 e. The number of fused-ring (bicyclic) bond motifs is 1. The van der Waals surface area contributed by atoms with Gasteiger partial charge in [-0.1, -0.05) is 12.1 Å². The van der Waals surface area contributed by atoms with E-state index in [1.165, 1.54) is 41.0 Å². The van der Waals surface area contributed by atoms with Crippen LogP contribution >= 0.6 is 0 Å². The number of aromatic nitrogens is 2. The summed E-state index contributed by atoms with van der Waals surface area (Å²) >= 11 is 0. The van der Waals surface area contributed by atoms with E-state index in [0.29, 0.717) is 0 Å².